The highest BCUT2D eigenvalue weighted by Gasteiger charge is 2.18. The molecule has 0 aliphatic carbocycles. The van der Waals surface area contributed by atoms with Gasteiger partial charge in [-0.05, 0) is 50.8 Å². The summed E-state index contributed by atoms with van der Waals surface area (Å²) in [6.45, 7) is 4.62. The fourth-order valence-electron chi connectivity index (χ4n) is 2.83. The SMILES string of the molecule is COCCCCCN1CCC(Nc2ccccc2)CC1. The molecule has 1 aliphatic heterocycles. The van der Waals surface area contributed by atoms with Gasteiger partial charge in [0.05, 0.1) is 0 Å². The number of piperidine rings is 1. The molecule has 0 saturated carbocycles. The standard InChI is InChI=1S/C17H28N2O/c1-20-15-7-3-6-12-19-13-10-17(11-14-19)18-16-8-4-2-5-9-16/h2,4-5,8-9,17-18H,3,6-7,10-15H2,1H3. The molecule has 1 heterocycles. The van der Waals surface area contributed by atoms with E-state index in [1.54, 1.807) is 7.11 Å². The van der Waals surface area contributed by atoms with E-state index in [0.29, 0.717) is 6.04 Å². The summed E-state index contributed by atoms with van der Waals surface area (Å²) < 4.78 is 5.08. The molecular formula is C17H28N2O. The van der Waals surface area contributed by atoms with E-state index in [1.807, 2.05) is 0 Å². The number of anilines is 1. The predicted octanol–water partition coefficient (Wildman–Crippen LogP) is 3.38. The fourth-order valence-corrected chi connectivity index (χ4v) is 2.83. The Balaban J connectivity index is 1.58. The van der Waals surface area contributed by atoms with Crippen molar-refractivity contribution in [1.82, 2.24) is 4.90 Å². The normalized spacial score (nSPS) is 17.2. The van der Waals surface area contributed by atoms with Gasteiger partial charge in [-0.2, -0.15) is 0 Å². The minimum Gasteiger partial charge on any atom is -0.385 e. The van der Waals surface area contributed by atoms with E-state index in [2.05, 4.69) is 40.5 Å². The smallest absolute Gasteiger partial charge is 0.0462 e. The molecule has 3 heteroatoms. The van der Waals surface area contributed by atoms with Crippen molar-refractivity contribution in [2.75, 3.05) is 38.7 Å². The molecule has 1 aromatic carbocycles. The number of ether oxygens (including phenoxy) is 1. The highest BCUT2D eigenvalue weighted by Crippen LogP contribution is 2.16. The second-order valence-corrected chi connectivity index (χ2v) is 5.68. The summed E-state index contributed by atoms with van der Waals surface area (Å²) in [5.41, 5.74) is 1.26. The van der Waals surface area contributed by atoms with Crippen LogP contribution in [0.5, 0.6) is 0 Å². The fraction of sp³-hybridized carbons (Fsp3) is 0.647. The van der Waals surface area contributed by atoms with Crippen molar-refractivity contribution in [2.45, 2.75) is 38.1 Å². The van der Waals surface area contributed by atoms with Crippen LogP contribution in [-0.4, -0.2) is 44.3 Å². The zero-order valence-corrected chi connectivity index (χ0v) is 12.7. The van der Waals surface area contributed by atoms with E-state index in [4.69, 9.17) is 4.74 Å². The van der Waals surface area contributed by atoms with Gasteiger partial charge in [-0.3, -0.25) is 0 Å². The third-order valence-corrected chi connectivity index (χ3v) is 4.05. The lowest BCUT2D eigenvalue weighted by Gasteiger charge is -2.32. The Bertz CT molecular complexity index is 347. The first-order chi connectivity index (χ1) is 9.88. The highest BCUT2D eigenvalue weighted by molar-refractivity contribution is 5.43. The van der Waals surface area contributed by atoms with Crippen molar-refractivity contribution < 1.29 is 4.74 Å². The van der Waals surface area contributed by atoms with Gasteiger partial charge in [0.25, 0.3) is 0 Å². The Morgan fingerprint density at radius 1 is 1.10 bits per heavy atom. The number of benzene rings is 1. The Kier molecular flexibility index (Phi) is 6.89. The van der Waals surface area contributed by atoms with Crippen LogP contribution in [0.15, 0.2) is 30.3 Å². The summed E-state index contributed by atoms with van der Waals surface area (Å²) in [6.07, 6.45) is 6.30. The molecule has 0 spiro atoms. The molecular weight excluding hydrogens is 248 g/mol. The zero-order valence-electron chi connectivity index (χ0n) is 12.7. The van der Waals surface area contributed by atoms with Crippen molar-refractivity contribution in [3.8, 4) is 0 Å². The summed E-state index contributed by atoms with van der Waals surface area (Å²) in [5, 5.41) is 3.64. The maximum Gasteiger partial charge on any atom is 0.0462 e. The first-order valence-corrected chi connectivity index (χ1v) is 7.91. The molecule has 0 unspecified atom stereocenters. The van der Waals surface area contributed by atoms with Gasteiger partial charge >= 0.3 is 0 Å². The monoisotopic (exact) mass is 276 g/mol. The topological polar surface area (TPSA) is 24.5 Å². The van der Waals surface area contributed by atoms with E-state index < -0.39 is 0 Å². The second kappa shape index (κ2) is 8.98. The van der Waals surface area contributed by atoms with Crippen LogP contribution in [0.2, 0.25) is 0 Å². The molecule has 1 saturated heterocycles. The molecule has 2 rings (SSSR count). The summed E-state index contributed by atoms with van der Waals surface area (Å²) in [6, 6.07) is 11.2. The molecule has 0 amide bonds. The Morgan fingerprint density at radius 3 is 2.55 bits per heavy atom. The van der Waals surface area contributed by atoms with E-state index in [0.717, 1.165) is 6.61 Å². The van der Waals surface area contributed by atoms with Crippen LogP contribution in [0.4, 0.5) is 5.69 Å². The van der Waals surface area contributed by atoms with Crippen LogP contribution >= 0.6 is 0 Å². The van der Waals surface area contributed by atoms with Gasteiger partial charge in [-0.15, -0.1) is 0 Å². The third-order valence-electron chi connectivity index (χ3n) is 4.05. The minimum atomic E-state index is 0.641. The average Bonchev–Trinajstić information content (AvgIpc) is 2.50. The first kappa shape index (κ1) is 15.3. The number of unbranched alkanes of at least 4 members (excludes halogenated alkanes) is 2. The van der Waals surface area contributed by atoms with Crippen LogP contribution < -0.4 is 5.32 Å². The lowest BCUT2D eigenvalue weighted by Crippen LogP contribution is -2.39. The van der Waals surface area contributed by atoms with E-state index in [-0.39, 0.29) is 0 Å². The average molecular weight is 276 g/mol. The first-order valence-electron chi connectivity index (χ1n) is 7.91. The Hall–Kier alpha value is -1.06. The largest absolute Gasteiger partial charge is 0.385 e. The van der Waals surface area contributed by atoms with Crippen molar-refractivity contribution in [2.24, 2.45) is 0 Å². The number of likely N-dealkylation sites (tertiary alicyclic amines) is 1. The Morgan fingerprint density at radius 2 is 1.85 bits per heavy atom. The molecule has 1 aliphatic rings. The van der Waals surface area contributed by atoms with E-state index >= 15 is 0 Å². The molecule has 0 aromatic heterocycles. The summed E-state index contributed by atoms with van der Waals surface area (Å²) in [7, 11) is 1.78. The van der Waals surface area contributed by atoms with Crippen LogP contribution in [-0.2, 0) is 4.74 Å². The summed E-state index contributed by atoms with van der Waals surface area (Å²) in [5.74, 6) is 0. The molecule has 1 N–H and O–H groups in total. The molecule has 1 aromatic rings. The van der Waals surface area contributed by atoms with E-state index in [1.165, 1.54) is 57.4 Å². The van der Waals surface area contributed by atoms with Crippen LogP contribution in [0.25, 0.3) is 0 Å². The van der Waals surface area contributed by atoms with Gasteiger partial charge in [-0.25, -0.2) is 0 Å². The summed E-state index contributed by atoms with van der Waals surface area (Å²) >= 11 is 0. The predicted molar refractivity (Wildman–Crippen MR) is 85.3 cm³/mol. The van der Waals surface area contributed by atoms with Crippen molar-refractivity contribution >= 4 is 5.69 Å². The molecule has 0 bridgehead atoms. The van der Waals surface area contributed by atoms with Crippen molar-refractivity contribution in [3.05, 3.63) is 30.3 Å². The van der Waals surface area contributed by atoms with Gasteiger partial charge in [0, 0.05) is 38.5 Å². The molecule has 3 nitrogen and oxygen atoms in total. The summed E-state index contributed by atoms with van der Waals surface area (Å²) in [4.78, 5) is 2.61. The van der Waals surface area contributed by atoms with Crippen LogP contribution in [0.1, 0.15) is 32.1 Å². The lowest BCUT2D eigenvalue weighted by atomic mass is 10.0. The second-order valence-electron chi connectivity index (χ2n) is 5.68. The van der Waals surface area contributed by atoms with Crippen LogP contribution in [0.3, 0.4) is 0 Å². The van der Waals surface area contributed by atoms with Gasteiger partial charge < -0.3 is 15.0 Å². The number of nitrogens with one attached hydrogen (secondary N) is 1. The van der Waals surface area contributed by atoms with Crippen LogP contribution in [0, 0.1) is 0 Å². The third kappa shape index (κ3) is 5.51. The Labute approximate surface area is 123 Å². The van der Waals surface area contributed by atoms with Gasteiger partial charge in [0.1, 0.15) is 0 Å². The number of para-hydroxylation sites is 1. The van der Waals surface area contributed by atoms with Gasteiger partial charge in [0.15, 0.2) is 0 Å². The quantitative estimate of drug-likeness (QED) is 0.737. The number of nitrogens with zero attached hydrogens (tertiary/aromatic N) is 1. The van der Waals surface area contributed by atoms with Crippen molar-refractivity contribution in [1.29, 1.82) is 0 Å². The van der Waals surface area contributed by atoms with E-state index in [9.17, 15) is 0 Å². The molecule has 20 heavy (non-hydrogen) atoms. The van der Waals surface area contributed by atoms with Gasteiger partial charge in [0.2, 0.25) is 0 Å². The number of hydrogen-bond acceptors (Lipinski definition) is 3. The lowest BCUT2D eigenvalue weighted by molar-refractivity contribution is 0.184. The number of methoxy groups -OCH3 is 1. The molecule has 0 radical (unpaired) electrons. The number of hydrogen-bond donors (Lipinski definition) is 1. The maximum absolute atomic E-state index is 5.08. The molecule has 1 fully saturated rings. The molecule has 0 atom stereocenters. The highest BCUT2D eigenvalue weighted by atomic mass is 16.5. The zero-order chi connectivity index (χ0) is 14.0. The molecule has 112 valence electrons. The maximum atomic E-state index is 5.08. The van der Waals surface area contributed by atoms with Gasteiger partial charge in [-0.1, -0.05) is 18.2 Å². The van der Waals surface area contributed by atoms with Crippen molar-refractivity contribution in [3.63, 3.8) is 0 Å². The minimum absolute atomic E-state index is 0.641. The number of rotatable bonds is 8.